The summed E-state index contributed by atoms with van der Waals surface area (Å²) in [4.78, 5) is 21.7. The molecule has 0 bridgehead atoms. The van der Waals surface area contributed by atoms with Gasteiger partial charge in [0.1, 0.15) is 10.8 Å². The number of hydrogen-bond acceptors (Lipinski definition) is 7. The van der Waals surface area contributed by atoms with Crippen LogP contribution in [0.5, 0.6) is 5.75 Å². The Labute approximate surface area is 154 Å². The van der Waals surface area contributed by atoms with E-state index in [0.29, 0.717) is 18.9 Å². The Bertz CT molecular complexity index is 798. The Kier molecular flexibility index (Phi) is 6.14. The second-order valence-corrected chi connectivity index (χ2v) is 7.03. The van der Waals surface area contributed by atoms with Gasteiger partial charge in [0.2, 0.25) is 0 Å². The average Bonchev–Trinajstić information content (AvgIpc) is 3.31. The zero-order valence-corrected chi connectivity index (χ0v) is 15.4. The molecule has 0 unspecified atom stereocenters. The first-order chi connectivity index (χ1) is 12.3. The van der Waals surface area contributed by atoms with Gasteiger partial charge in [-0.05, 0) is 44.0 Å². The molecule has 0 spiro atoms. The first-order valence-corrected chi connectivity index (χ1v) is 9.75. The van der Waals surface area contributed by atoms with Crippen molar-refractivity contribution in [2.45, 2.75) is 19.8 Å². The normalized spacial score (nSPS) is 10.6. The molecular formula is C18H18N2O3S2. The molecule has 0 amide bonds. The largest absolute Gasteiger partial charge is 0.494 e. The second kappa shape index (κ2) is 8.73. The molecule has 130 valence electrons. The van der Waals surface area contributed by atoms with Crippen molar-refractivity contribution in [2.75, 3.05) is 13.2 Å². The van der Waals surface area contributed by atoms with Crippen LogP contribution in [0.1, 0.15) is 28.7 Å². The Balaban J connectivity index is 1.52. The fourth-order valence-electron chi connectivity index (χ4n) is 2.21. The van der Waals surface area contributed by atoms with Gasteiger partial charge in [0.15, 0.2) is 5.69 Å². The van der Waals surface area contributed by atoms with Gasteiger partial charge in [-0.1, -0.05) is 0 Å². The van der Waals surface area contributed by atoms with Crippen molar-refractivity contribution < 1.29 is 14.3 Å². The average molecular weight is 374 g/mol. The number of aromatic nitrogens is 2. The summed E-state index contributed by atoms with van der Waals surface area (Å²) in [5.41, 5.74) is 3.11. The number of hydrogen-bond donors (Lipinski definition) is 0. The number of aryl methyl sites for hydroxylation is 1. The minimum atomic E-state index is -0.377. The maximum Gasteiger partial charge on any atom is 0.357 e. The quantitative estimate of drug-likeness (QED) is 0.430. The van der Waals surface area contributed by atoms with Crippen LogP contribution in [0.25, 0.3) is 10.6 Å². The molecule has 7 heteroatoms. The molecule has 5 nitrogen and oxygen atoms in total. The molecule has 0 saturated heterocycles. The van der Waals surface area contributed by atoms with Gasteiger partial charge in [0, 0.05) is 22.0 Å². The molecule has 0 fully saturated rings. The van der Waals surface area contributed by atoms with Gasteiger partial charge in [0.05, 0.1) is 18.7 Å². The lowest BCUT2D eigenvalue weighted by molar-refractivity contribution is 0.0495. The molecular weight excluding hydrogens is 356 g/mol. The van der Waals surface area contributed by atoms with E-state index < -0.39 is 0 Å². The van der Waals surface area contributed by atoms with Crippen LogP contribution >= 0.6 is 22.7 Å². The molecule has 0 aliphatic heterocycles. The first kappa shape index (κ1) is 17.6. The van der Waals surface area contributed by atoms with E-state index in [1.54, 1.807) is 22.2 Å². The number of carbonyl (C=O) groups excluding carboxylic acids is 1. The Hall–Kier alpha value is -2.25. The van der Waals surface area contributed by atoms with Gasteiger partial charge in [0.25, 0.3) is 0 Å². The highest BCUT2D eigenvalue weighted by molar-refractivity contribution is 7.13. The van der Waals surface area contributed by atoms with Crippen molar-refractivity contribution in [1.29, 1.82) is 0 Å². The second-order valence-electron chi connectivity index (χ2n) is 5.20. The van der Waals surface area contributed by atoms with Gasteiger partial charge < -0.3 is 9.47 Å². The first-order valence-electron chi connectivity index (χ1n) is 7.99. The molecule has 0 atom stereocenters. The van der Waals surface area contributed by atoms with Crippen LogP contribution in [-0.2, 0) is 11.2 Å². The number of benzene rings is 1. The van der Waals surface area contributed by atoms with Crippen LogP contribution < -0.4 is 4.74 Å². The highest BCUT2D eigenvalue weighted by atomic mass is 32.1. The summed E-state index contributed by atoms with van der Waals surface area (Å²) in [6.45, 7) is 2.96. The van der Waals surface area contributed by atoms with E-state index in [4.69, 9.17) is 9.47 Å². The molecule has 0 N–H and O–H groups in total. The number of rotatable bonds is 8. The summed E-state index contributed by atoms with van der Waals surface area (Å²) in [6.07, 6.45) is 3.49. The number of ether oxygens (including phenoxy) is 2. The molecule has 3 aromatic rings. The fraction of sp³-hybridized carbons (Fsp3) is 0.278. The number of esters is 1. The third-order valence-corrected chi connectivity index (χ3v) is 5.14. The van der Waals surface area contributed by atoms with Crippen LogP contribution in [0, 0.1) is 0 Å². The number of carbonyl (C=O) groups is 1. The summed E-state index contributed by atoms with van der Waals surface area (Å²) < 4.78 is 10.7. The van der Waals surface area contributed by atoms with E-state index in [0.717, 1.165) is 29.2 Å². The van der Waals surface area contributed by atoms with Gasteiger partial charge in [-0.3, -0.25) is 4.98 Å². The summed E-state index contributed by atoms with van der Waals surface area (Å²) >= 11 is 3.04. The van der Waals surface area contributed by atoms with Gasteiger partial charge in [-0.2, -0.15) is 0 Å². The van der Waals surface area contributed by atoms with Crippen molar-refractivity contribution in [3.05, 3.63) is 51.9 Å². The van der Waals surface area contributed by atoms with Gasteiger partial charge >= 0.3 is 5.97 Å². The molecule has 0 saturated carbocycles. The number of nitrogens with zero attached hydrogens (tertiary/aromatic N) is 2. The molecule has 2 heterocycles. The van der Waals surface area contributed by atoms with Crippen LogP contribution in [0.15, 0.2) is 41.4 Å². The monoisotopic (exact) mass is 374 g/mol. The summed E-state index contributed by atoms with van der Waals surface area (Å²) in [5.74, 6) is 0.445. The van der Waals surface area contributed by atoms with Crippen LogP contribution in [0.3, 0.4) is 0 Å². The van der Waals surface area contributed by atoms with Crippen molar-refractivity contribution in [2.24, 2.45) is 0 Å². The summed E-state index contributed by atoms with van der Waals surface area (Å²) in [6, 6.07) is 7.68. The van der Waals surface area contributed by atoms with E-state index >= 15 is 0 Å². The highest BCUT2D eigenvalue weighted by Gasteiger charge is 2.13. The fourth-order valence-corrected chi connectivity index (χ4v) is 3.65. The van der Waals surface area contributed by atoms with E-state index in [9.17, 15) is 4.79 Å². The predicted molar refractivity (Wildman–Crippen MR) is 99.4 cm³/mol. The van der Waals surface area contributed by atoms with Crippen LogP contribution in [0.2, 0.25) is 0 Å². The minimum absolute atomic E-state index is 0.353. The molecule has 0 aliphatic rings. The van der Waals surface area contributed by atoms with E-state index in [2.05, 4.69) is 9.97 Å². The van der Waals surface area contributed by atoms with Gasteiger partial charge in [-0.25, -0.2) is 9.78 Å². The van der Waals surface area contributed by atoms with Crippen molar-refractivity contribution in [3.8, 4) is 16.3 Å². The van der Waals surface area contributed by atoms with Crippen molar-refractivity contribution in [3.63, 3.8) is 0 Å². The summed E-state index contributed by atoms with van der Waals surface area (Å²) in [5, 5.41) is 2.52. The maximum atomic E-state index is 12.1. The standard InChI is InChI=1S/C18H18N2O3S2/c1-2-22-14-7-5-13(6-8-14)17-20-16(11-24-17)18(21)23-9-3-4-15-10-19-12-25-15/h5-8,10-12H,2-4,9H2,1H3. The zero-order chi connectivity index (χ0) is 17.5. The summed E-state index contributed by atoms with van der Waals surface area (Å²) in [7, 11) is 0. The molecule has 2 aromatic heterocycles. The smallest absolute Gasteiger partial charge is 0.357 e. The lowest BCUT2D eigenvalue weighted by Crippen LogP contribution is -2.07. The zero-order valence-electron chi connectivity index (χ0n) is 13.8. The topological polar surface area (TPSA) is 61.3 Å². The third-order valence-electron chi connectivity index (χ3n) is 3.41. The van der Waals surface area contributed by atoms with E-state index in [1.165, 1.54) is 16.2 Å². The van der Waals surface area contributed by atoms with Crippen LogP contribution in [0.4, 0.5) is 0 Å². The third kappa shape index (κ3) is 4.87. The maximum absolute atomic E-state index is 12.1. The van der Waals surface area contributed by atoms with E-state index in [-0.39, 0.29) is 5.97 Å². The van der Waals surface area contributed by atoms with Crippen LogP contribution in [-0.4, -0.2) is 29.2 Å². The molecule has 3 rings (SSSR count). The lowest BCUT2D eigenvalue weighted by atomic mass is 10.2. The molecule has 1 aromatic carbocycles. The Morgan fingerprint density at radius 3 is 2.76 bits per heavy atom. The predicted octanol–water partition coefficient (Wildman–Crippen LogP) is 4.45. The molecule has 25 heavy (non-hydrogen) atoms. The highest BCUT2D eigenvalue weighted by Crippen LogP contribution is 2.26. The molecule has 0 aliphatic carbocycles. The van der Waals surface area contributed by atoms with E-state index in [1.807, 2.05) is 37.4 Å². The minimum Gasteiger partial charge on any atom is -0.494 e. The van der Waals surface area contributed by atoms with Gasteiger partial charge in [-0.15, -0.1) is 22.7 Å². The Morgan fingerprint density at radius 2 is 2.04 bits per heavy atom. The van der Waals surface area contributed by atoms with Crippen molar-refractivity contribution in [1.82, 2.24) is 9.97 Å². The number of thiazole rings is 2. The SMILES string of the molecule is CCOc1ccc(-c2nc(C(=O)OCCCc3cncs3)cs2)cc1. The van der Waals surface area contributed by atoms with Crippen molar-refractivity contribution >= 4 is 28.6 Å². The molecule has 0 radical (unpaired) electrons. The lowest BCUT2D eigenvalue weighted by Gasteiger charge is -2.03. The Morgan fingerprint density at radius 1 is 1.20 bits per heavy atom.